The molecule has 1 unspecified atom stereocenters. The predicted octanol–water partition coefficient (Wildman–Crippen LogP) is 3.48. The van der Waals surface area contributed by atoms with E-state index < -0.39 is 18.0 Å². The maximum Gasteiger partial charge on any atom is 0.338 e. The summed E-state index contributed by atoms with van der Waals surface area (Å²) in [5.74, 6) is 0.322. The van der Waals surface area contributed by atoms with Gasteiger partial charge in [-0.1, -0.05) is 6.07 Å². The third-order valence-corrected chi connectivity index (χ3v) is 4.88. The van der Waals surface area contributed by atoms with Gasteiger partial charge in [-0.15, -0.1) is 0 Å². The van der Waals surface area contributed by atoms with Gasteiger partial charge in [-0.2, -0.15) is 0 Å². The van der Waals surface area contributed by atoms with Gasteiger partial charge in [-0.25, -0.2) is 4.79 Å². The number of benzene rings is 2. The normalized spacial score (nSPS) is 15.6. The number of carbonyl (C=O) groups excluding carboxylic acids is 2. The van der Waals surface area contributed by atoms with Crippen molar-refractivity contribution >= 4 is 17.6 Å². The second-order valence-corrected chi connectivity index (χ2v) is 6.80. The zero-order chi connectivity index (χ0) is 18.8. The molecule has 2 aliphatic rings. The molecule has 1 N–H and O–H groups in total. The van der Waals surface area contributed by atoms with E-state index in [1.807, 2.05) is 12.1 Å². The summed E-state index contributed by atoms with van der Waals surface area (Å²) in [6.07, 6.45) is 3.45. The monoisotopic (exact) mass is 367 g/mol. The van der Waals surface area contributed by atoms with Crippen LogP contribution in [-0.4, -0.2) is 24.8 Å². The Labute approximate surface area is 157 Å². The molecule has 0 spiro atoms. The Hall–Kier alpha value is -3.02. The van der Waals surface area contributed by atoms with E-state index in [1.165, 1.54) is 17.5 Å². The first-order valence-corrected chi connectivity index (χ1v) is 9.13. The molecule has 0 aromatic heterocycles. The first-order valence-electron chi connectivity index (χ1n) is 9.13. The number of rotatable bonds is 4. The van der Waals surface area contributed by atoms with Crippen molar-refractivity contribution in [3.8, 4) is 11.5 Å². The smallest absolute Gasteiger partial charge is 0.338 e. The van der Waals surface area contributed by atoms with E-state index in [2.05, 4.69) is 5.32 Å². The fourth-order valence-corrected chi connectivity index (χ4v) is 3.36. The van der Waals surface area contributed by atoms with Gasteiger partial charge >= 0.3 is 5.97 Å². The first-order chi connectivity index (χ1) is 13.1. The SMILES string of the molecule is CC(OC(=O)c1ccc2c(c1)CCCC2)C(=O)Nc1ccc2c(c1)OCO2. The number of aryl methyl sites for hydroxylation is 2. The molecule has 4 rings (SSSR count). The van der Waals surface area contributed by atoms with E-state index in [0.717, 1.165) is 19.3 Å². The maximum absolute atomic E-state index is 12.4. The highest BCUT2D eigenvalue weighted by molar-refractivity contribution is 5.97. The molecule has 2 aromatic rings. The van der Waals surface area contributed by atoms with E-state index in [4.69, 9.17) is 14.2 Å². The zero-order valence-electron chi connectivity index (χ0n) is 15.1. The molecule has 1 heterocycles. The van der Waals surface area contributed by atoms with E-state index in [-0.39, 0.29) is 6.79 Å². The average molecular weight is 367 g/mol. The lowest BCUT2D eigenvalue weighted by Crippen LogP contribution is -2.30. The molecule has 140 valence electrons. The quantitative estimate of drug-likeness (QED) is 0.838. The minimum Gasteiger partial charge on any atom is -0.454 e. The van der Waals surface area contributed by atoms with E-state index >= 15 is 0 Å². The Morgan fingerprint density at radius 3 is 2.63 bits per heavy atom. The second-order valence-electron chi connectivity index (χ2n) is 6.80. The van der Waals surface area contributed by atoms with Gasteiger partial charge in [0.1, 0.15) is 0 Å². The zero-order valence-corrected chi connectivity index (χ0v) is 15.1. The van der Waals surface area contributed by atoms with Crippen LogP contribution in [0.3, 0.4) is 0 Å². The van der Waals surface area contributed by atoms with Crippen LogP contribution in [0, 0.1) is 0 Å². The van der Waals surface area contributed by atoms with Crippen molar-refractivity contribution in [2.24, 2.45) is 0 Å². The molecule has 6 heteroatoms. The number of hydrogen-bond acceptors (Lipinski definition) is 5. The molecule has 0 saturated carbocycles. The topological polar surface area (TPSA) is 73.9 Å². The van der Waals surface area contributed by atoms with Crippen molar-refractivity contribution in [3.63, 3.8) is 0 Å². The fraction of sp³-hybridized carbons (Fsp3) is 0.333. The molecule has 1 atom stereocenters. The van der Waals surface area contributed by atoms with Gasteiger partial charge < -0.3 is 19.5 Å². The van der Waals surface area contributed by atoms with Crippen molar-refractivity contribution in [2.75, 3.05) is 12.1 Å². The van der Waals surface area contributed by atoms with Crippen LogP contribution in [0.1, 0.15) is 41.3 Å². The predicted molar refractivity (Wildman–Crippen MR) is 99.2 cm³/mol. The van der Waals surface area contributed by atoms with Crippen LogP contribution in [0.15, 0.2) is 36.4 Å². The molecule has 0 fully saturated rings. The summed E-state index contributed by atoms with van der Waals surface area (Å²) in [6, 6.07) is 10.8. The highest BCUT2D eigenvalue weighted by Crippen LogP contribution is 2.34. The van der Waals surface area contributed by atoms with Crippen molar-refractivity contribution in [1.29, 1.82) is 0 Å². The van der Waals surface area contributed by atoms with E-state index in [0.29, 0.717) is 22.7 Å². The third kappa shape index (κ3) is 3.74. The van der Waals surface area contributed by atoms with Crippen LogP contribution in [0.4, 0.5) is 5.69 Å². The van der Waals surface area contributed by atoms with Crippen molar-refractivity contribution in [3.05, 3.63) is 53.1 Å². The van der Waals surface area contributed by atoms with Gasteiger partial charge in [0.2, 0.25) is 6.79 Å². The van der Waals surface area contributed by atoms with E-state index in [9.17, 15) is 9.59 Å². The standard InChI is InChI=1S/C21H21NO5/c1-13(20(23)22-17-8-9-18-19(11-17)26-12-25-18)27-21(24)16-7-6-14-4-2-3-5-15(14)10-16/h6-11,13H,2-5,12H2,1H3,(H,22,23). The summed E-state index contributed by atoms with van der Waals surface area (Å²) in [5.41, 5.74) is 3.54. The van der Waals surface area contributed by atoms with Crippen LogP contribution < -0.4 is 14.8 Å². The summed E-state index contributed by atoms with van der Waals surface area (Å²) in [6.45, 7) is 1.72. The van der Waals surface area contributed by atoms with Crippen LogP contribution in [0.2, 0.25) is 0 Å². The molecule has 2 aromatic carbocycles. The lowest BCUT2D eigenvalue weighted by Gasteiger charge is -2.17. The highest BCUT2D eigenvalue weighted by Gasteiger charge is 2.21. The Balaban J connectivity index is 1.38. The molecule has 0 radical (unpaired) electrons. The molecule has 0 saturated heterocycles. The van der Waals surface area contributed by atoms with Crippen LogP contribution in [0.25, 0.3) is 0 Å². The van der Waals surface area contributed by atoms with Gasteiger partial charge in [0.15, 0.2) is 17.6 Å². The van der Waals surface area contributed by atoms with Crippen molar-refractivity contribution in [2.45, 2.75) is 38.7 Å². The average Bonchev–Trinajstić information content (AvgIpc) is 3.15. The summed E-state index contributed by atoms with van der Waals surface area (Å²) in [4.78, 5) is 24.8. The second kappa shape index (κ2) is 7.31. The summed E-state index contributed by atoms with van der Waals surface area (Å²) >= 11 is 0. The van der Waals surface area contributed by atoms with Crippen molar-refractivity contribution in [1.82, 2.24) is 0 Å². The molecule has 1 amide bonds. The minimum absolute atomic E-state index is 0.168. The summed E-state index contributed by atoms with van der Waals surface area (Å²) < 4.78 is 15.9. The third-order valence-electron chi connectivity index (χ3n) is 4.88. The largest absolute Gasteiger partial charge is 0.454 e. The molecule has 1 aliphatic carbocycles. The van der Waals surface area contributed by atoms with Gasteiger partial charge in [0.25, 0.3) is 5.91 Å². The molecular formula is C21H21NO5. The molecular weight excluding hydrogens is 346 g/mol. The Morgan fingerprint density at radius 1 is 1.00 bits per heavy atom. The number of fused-ring (bicyclic) bond motifs is 2. The molecule has 27 heavy (non-hydrogen) atoms. The number of anilines is 1. The number of amides is 1. The molecule has 0 bridgehead atoms. The number of esters is 1. The Kier molecular flexibility index (Phi) is 4.71. The summed E-state index contributed by atoms with van der Waals surface area (Å²) in [5, 5.41) is 2.73. The van der Waals surface area contributed by atoms with Crippen LogP contribution >= 0.6 is 0 Å². The number of carbonyl (C=O) groups is 2. The Bertz CT molecular complexity index is 892. The molecule has 1 aliphatic heterocycles. The van der Waals surface area contributed by atoms with Gasteiger partial charge in [0.05, 0.1) is 5.56 Å². The molecule has 6 nitrogen and oxygen atoms in total. The number of hydrogen-bond donors (Lipinski definition) is 1. The highest BCUT2D eigenvalue weighted by atomic mass is 16.7. The fourth-order valence-electron chi connectivity index (χ4n) is 3.36. The Morgan fingerprint density at radius 2 is 1.78 bits per heavy atom. The maximum atomic E-state index is 12.4. The van der Waals surface area contributed by atoms with Crippen molar-refractivity contribution < 1.29 is 23.8 Å². The van der Waals surface area contributed by atoms with Gasteiger partial charge in [0, 0.05) is 11.8 Å². The van der Waals surface area contributed by atoms with Crippen LogP contribution in [0.5, 0.6) is 11.5 Å². The summed E-state index contributed by atoms with van der Waals surface area (Å²) in [7, 11) is 0. The number of ether oxygens (including phenoxy) is 3. The lowest BCUT2D eigenvalue weighted by atomic mass is 9.90. The minimum atomic E-state index is -0.918. The lowest BCUT2D eigenvalue weighted by molar-refractivity contribution is -0.123. The van der Waals surface area contributed by atoms with Crippen LogP contribution in [-0.2, 0) is 22.4 Å². The first kappa shape index (κ1) is 17.4. The van der Waals surface area contributed by atoms with Gasteiger partial charge in [-0.05, 0) is 68.0 Å². The van der Waals surface area contributed by atoms with Gasteiger partial charge in [-0.3, -0.25) is 4.79 Å². The van der Waals surface area contributed by atoms with E-state index in [1.54, 1.807) is 31.2 Å². The number of nitrogens with one attached hydrogen (secondary N) is 1.